The van der Waals surface area contributed by atoms with E-state index in [-0.39, 0.29) is 31.1 Å². The fourth-order valence-corrected chi connectivity index (χ4v) is 11.0. The number of esters is 2. The molecule has 9 rings (SSSR count). The number of carbonyl (C=O) groups excluding carboxylic acids is 4. The van der Waals surface area contributed by atoms with Gasteiger partial charge in [0.1, 0.15) is 12.2 Å². The molecule has 2 aromatic carbocycles. The molecule has 2 aromatic rings. The van der Waals surface area contributed by atoms with Crippen LogP contribution in [0.3, 0.4) is 0 Å². The zero-order chi connectivity index (χ0) is 31.6. The predicted octanol–water partition coefficient (Wildman–Crippen LogP) is 3.71. The average Bonchev–Trinajstić information content (AvgIpc) is 3.53. The molecule has 2 amide bonds. The van der Waals surface area contributed by atoms with Crippen LogP contribution >= 0.6 is 21.6 Å². The molecule has 1 N–H and O–H groups in total. The second-order valence-corrected chi connectivity index (χ2v) is 14.6. The van der Waals surface area contributed by atoms with Crippen LogP contribution in [0.4, 0.5) is 0 Å². The standard InChI is InChI=1S/C34H28N2O8S2/c37-26(16-20-8-3-1-4-9-20)43-24-13-7-12-22-17-33-31(40)36-28-23(18-34(36,46-45-33)32(41)35(33)27(22)24)19-42-15-14-25(28)44-30(39)29(38)21-10-5-2-6-11-21/h1-15,19,24-25,27-29,38H,16-18H2. The van der Waals surface area contributed by atoms with E-state index in [9.17, 15) is 24.3 Å². The first-order valence-corrected chi connectivity index (χ1v) is 17.1. The minimum absolute atomic E-state index is 0.0831. The molecule has 46 heavy (non-hydrogen) atoms. The summed E-state index contributed by atoms with van der Waals surface area (Å²) >= 11 is 0. The number of fused-ring (bicyclic) bond motifs is 3. The third kappa shape index (κ3) is 4.30. The van der Waals surface area contributed by atoms with Gasteiger partial charge < -0.3 is 29.1 Å². The van der Waals surface area contributed by atoms with Crippen LogP contribution in [0, 0.1) is 0 Å². The Balaban J connectivity index is 1.09. The van der Waals surface area contributed by atoms with E-state index in [2.05, 4.69) is 0 Å². The van der Waals surface area contributed by atoms with Crippen LogP contribution in [-0.4, -0.2) is 72.7 Å². The summed E-state index contributed by atoms with van der Waals surface area (Å²) in [6.45, 7) is 0. The highest BCUT2D eigenvalue weighted by molar-refractivity contribution is 8.78. The number of hydrogen-bond donors (Lipinski definition) is 1. The molecule has 7 aliphatic rings. The molecule has 10 nitrogen and oxygen atoms in total. The molecular weight excluding hydrogens is 629 g/mol. The molecule has 5 fully saturated rings. The fourth-order valence-electron chi connectivity index (χ4n) is 7.24. The lowest BCUT2D eigenvalue weighted by Gasteiger charge is -2.58. The van der Waals surface area contributed by atoms with Crippen molar-refractivity contribution in [3.63, 3.8) is 0 Å². The molecule has 0 aromatic heterocycles. The molecule has 6 aliphatic heterocycles. The number of benzene rings is 2. The third-order valence-corrected chi connectivity index (χ3v) is 12.8. The maximum Gasteiger partial charge on any atom is 0.340 e. The Labute approximate surface area is 272 Å². The van der Waals surface area contributed by atoms with E-state index >= 15 is 0 Å². The minimum atomic E-state index is -1.53. The lowest BCUT2D eigenvalue weighted by atomic mass is 9.96. The van der Waals surface area contributed by atoms with E-state index in [0.717, 1.165) is 11.1 Å². The van der Waals surface area contributed by atoms with E-state index < -0.39 is 52.1 Å². The van der Waals surface area contributed by atoms with Gasteiger partial charge in [0.05, 0.1) is 31.0 Å². The summed E-state index contributed by atoms with van der Waals surface area (Å²) in [5, 5.41) is 10.7. The second-order valence-electron chi connectivity index (χ2n) is 11.9. The molecule has 2 spiro atoms. The van der Waals surface area contributed by atoms with Crippen molar-refractivity contribution >= 4 is 45.3 Å². The van der Waals surface area contributed by atoms with E-state index in [0.29, 0.717) is 11.1 Å². The number of rotatable bonds is 6. The molecule has 7 unspecified atom stereocenters. The highest BCUT2D eigenvalue weighted by Gasteiger charge is 2.77. The summed E-state index contributed by atoms with van der Waals surface area (Å²) in [5.74, 6) is -1.86. The number of aliphatic hydroxyl groups excluding tert-OH is 1. The number of nitrogens with zero attached hydrogens (tertiary/aromatic N) is 2. The molecular formula is C34H28N2O8S2. The van der Waals surface area contributed by atoms with Gasteiger partial charge in [-0.3, -0.25) is 14.4 Å². The lowest BCUT2D eigenvalue weighted by molar-refractivity contribution is -0.173. The van der Waals surface area contributed by atoms with Crippen LogP contribution < -0.4 is 0 Å². The van der Waals surface area contributed by atoms with Gasteiger partial charge in [-0.05, 0) is 34.4 Å². The molecule has 1 aliphatic carbocycles. The summed E-state index contributed by atoms with van der Waals surface area (Å²) in [6, 6.07) is 16.3. The van der Waals surface area contributed by atoms with E-state index in [4.69, 9.17) is 14.2 Å². The summed E-state index contributed by atoms with van der Waals surface area (Å²) in [6.07, 6.45) is 7.06. The number of aliphatic hydroxyl groups is 1. The highest BCUT2D eigenvalue weighted by Crippen LogP contribution is 2.69. The average molecular weight is 657 g/mol. The molecule has 6 heterocycles. The molecule has 7 atom stereocenters. The van der Waals surface area contributed by atoms with Crippen molar-refractivity contribution in [1.82, 2.24) is 9.80 Å². The van der Waals surface area contributed by atoms with Crippen LogP contribution in [0.2, 0.25) is 0 Å². The molecule has 12 heteroatoms. The monoisotopic (exact) mass is 656 g/mol. The largest absolute Gasteiger partial charge is 0.473 e. The zero-order valence-electron chi connectivity index (χ0n) is 24.3. The first kappa shape index (κ1) is 29.2. The van der Waals surface area contributed by atoms with Crippen molar-refractivity contribution in [2.45, 2.75) is 59.4 Å². The van der Waals surface area contributed by atoms with Crippen molar-refractivity contribution in [2.24, 2.45) is 0 Å². The van der Waals surface area contributed by atoms with Crippen molar-refractivity contribution in [3.8, 4) is 0 Å². The van der Waals surface area contributed by atoms with Crippen LogP contribution in [0.5, 0.6) is 0 Å². The van der Waals surface area contributed by atoms with Gasteiger partial charge in [-0.25, -0.2) is 4.79 Å². The van der Waals surface area contributed by atoms with Gasteiger partial charge in [0.25, 0.3) is 11.8 Å². The van der Waals surface area contributed by atoms with E-state index in [1.807, 2.05) is 42.5 Å². The smallest absolute Gasteiger partial charge is 0.340 e. The number of ether oxygens (including phenoxy) is 3. The SMILES string of the molecule is O=C(Cc1ccccc1)OC1C=CC=C2CC34SSC5(CC6=COC=CC(OC(=O)C(O)c7ccccc7)C6N5C3=O)C(=O)N4C21. The third-order valence-electron chi connectivity index (χ3n) is 9.25. The van der Waals surface area contributed by atoms with Gasteiger partial charge in [0.15, 0.2) is 15.8 Å². The molecule has 0 saturated carbocycles. The van der Waals surface area contributed by atoms with Gasteiger partial charge in [0, 0.05) is 12.8 Å². The lowest BCUT2D eigenvalue weighted by Crippen LogP contribution is -2.77. The van der Waals surface area contributed by atoms with Crippen molar-refractivity contribution in [1.29, 1.82) is 0 Å². The van der Waals surface area contributed by atoms with Crippen LogP contribution in [0.15, 0.2) is 109 Å². The Morgan fingerprint density at radius 1 is 0.870 bits per heavy atom. The summed E-state index contributed by atoms with van der Waals surface area (Å²) < 4.78 is 17.4. The Kier molecular flexibility index (Phi) is 6.93. The Hall–Kier alpha value is -4.26. The Morgan fingerprint density at radius 3 is 2.17 bits per heavy atom. The van der Waals surface area contributed by atoms with Crippen molar-refractivity contribution in [3.05, 3.63) is 120 Å². The van der Waals surface area contributed by atoms with Gasteiger partial charge in [-0.2, -0.15) is 0 Å². The van der Waals surface area contributed by atoms with E-state index in [1.54, 1.807) is 46.2 Å². The number of piperazine rings is 1. The van der Waals surface area contributed by atoms with Gasteiger partial charge >= 0.3 is 11.9 Å². The molecule has 234 valence electrons. The number of hydrogen-bond acceptors (Lipinski definition) is 10. The van der Waals surface area contributed by atoms with Crippen molar-refractivity contribution in [2.75, 3.05) is 0 Å². The summed E-state index contributed by atoms with van der Waals surface area (Å²) in [5.41, 5.74) is 2.65. The first-order chi connectivity index (χ1) is 22.3. The number of allylic oxidation sites excluding steroid dienone is 2. The highest BCUT2D eigenvalue weighted by atomic mass is 33.1. The van der Waals surface area contributed by atoms with Gasteiger partial charge in [-0.1, -0.05) is 94.4 Å². The summed E-state index contributed by atoms with van der Waals surface area (Å²) in [7, 11) is 2.69. The quantitative estimate of drug-likeness (QED) is 0.364. The van der Waals surface area contributed by atoms with E-state index in [1.165, 1.54) is 40.2 Å². The normalized spacial score (nSPS) is 32.3. The predicted molar refractivity (Wildman–Crippen MR) is 168 cm³/mol. The fraction of sp³-hybridized carbons (Fsp3) is 0.294. The summed E-state index contributed by atoms with van der Waals surface area (Å²) in [4.78, 5) is 56.2. The zero-order valence-corrected chi connectivity index (χ0v) is 25.9. The topological polar surface area (TPSA) is 123 Å². The van der Waals surface area contributed by atoms with Crippen molar-refractivity contribution < 1.29 is 38.5 Å². The number of carbonyl (C=O) groups is 4. The second kappa shape index (κ2) is 10.9. The minimum Gasteiger partial charge on any atom is -0.473 e. The van der Waals surface area contributed by atoms with Crippen LogP contribution in [0.25, 0.3) is 0 Å². The van der Waals surface area contributed by atoms with Gasteiger partial charge in [-0.15, -0.1) is 0 Å². The maximum absolute atomic E-state index is 14.7. The Morgan fingerprint density at radius 2 is 1.48 bits per heavy atom. The molecule has 5 saturated heterocycles. The number of amides is 2. The molecule has 0 radical (unpaired) electrons. The Bertz CT molecular complexity index is 1760. The maximum atomic E-state index is 14.7. The van der Waals surface area contributed by atoms with Gasteiger partial charge in [0.2, 0.25) is 0 Å². The first-order valence-electron chi connectivity index (χ1n) is 14.9. The molecule has 2 bridgehead atoms. The van der Waals surface area contributed by atoms with Crippen LogP contribution in [-0.2, 0) is 39.8 Å². The van der Waals surface area contributed by atoms with Crippen LogP contribution in [0.1, 0.15) is 30.1 Å².